The molecule has 0 aliphatic heterocycles. The topological polar surface area (TPSA) is 64.1 Å². The number of imidazole rings is 1. The Morgan fingerprint density at radius 2 is 1.27 bits per heavy atom. The van der Waals surface area contributed by atoms with Crippen molar-refractivity contribution >= 4 is 43.7 Å². The molecule has 0 bridgehead atoms. The van der Waals surface area contributed by atoms with E-state index in [1.54, 1.807) is 6.07 Å². The fourth-order valence-electron chi connectivity index (χ4n) is 8.40. The zero-order valence-electron chi connectivity index (χ0n) is 34.2. The van der Waals surface area contributed by atoms with Gasteiger partial charge in [0.1, 0.15) is 17.2 Å². The second-order valence-corrected chi connectivity index (χ2v) is 17.7. The van der Waals surface area contributed by atoms with Gasteiger partial charge in [-0.2, -0.15) is 0 Å². The molecule has 288 valence electrons. The maximum Gasteiger partial charge on any atom is 0.153 e. The Bertz CT molecular complexity index is 3250. The summed E-state index contributed by atoms with van der Waals surface area (Å²) < 4.78 is 8.66. The van der Waals surface area contributed by atoms with Crippen LogP contribution in [0.5, 0.6) is 5.75 Å². The summed E-state index contributed by atoms with van der Waals surface area (Å²) in [6, 6.07) is 52.8. The van der Waals surface area contributed by atoms with E-state index in [4.69, 9.17) is 14.4 Å². The maximum absolute atomic E-state index is 11.4. The number of rotatable bonds is 5. The average Bonchev–Trinajstić information content (AvgIpc) is 3.82. The van der Waals surface area contributed by atoms with Crippen molar-refractivity contribution in [2.24, 2.45) is 0 Å². The Morgan fingerprint density at radius 1 is 0.542 bits per heavy atom. The van der Waals surface area contributed by atoms with E-state index in [2.05, 4.69) is 174 Å². The van der Waals surface area contributed by atoms with Crippen LogP contribution in [-0.2, 0) is 10.8 Å². The van der Waals surface area contributed by atoms with Gasteiger partial charge in [-0.1, -0.05) is 139 Å². The van der Waals surface area contributed by atoms with Crippen molar-refractivity contribution in [2.75, 3.05) is 0 Å². The van der Waals surface area contributed by atoms with Gasteiger partial charge in [0.2, 0.25) is 0 Å². The van der Waals surface area contributed by atoms with Crippen LogP contribution in [0.1, 0.15) is 52.7 Å². The number of hydrogen-bond acceptors (Lipinski definition) is 4. The Labute approximate surface area is 344 Å². The Balaban J connectivity index is 1.21. The van der Waals surface area contributed by atoms with Gasteiger partial charge in [0.15, 0.2) is 5.58 Å². The molecule has 0 spiro atoms. The monoisotopic (exact) mass is 767 g/mol. The summed E-state index contributed by atoms with van der Waals surface area (Å²) >= 11 is 0. The maximum atomic E-state index is 11.4. The number of aromatic hydroxyl groups is 1. The third kappa shape index (κ3) is 6.25. The predicted octanol–water partition coefficient (Wildman–Crippen LogP) is 14.4. The number of hydrogen-bond donors (Lipinski definition) is 1. The van der Waals surface area contributed by atoms with Crippen molar-refractivity contribution in [3.63, 3.8) is 0 Å². The second-order valence-electron chi connectivity index (χ2n) is 17.7. The van der Waals surface area contributed by atoms with E-state index in [0.717, 1.165) is 82.9 Å². The van der Waals surface area contributed by atoms with Gasteiger partial charge in [-0.15, -0.1) is 0 Å². The minimum atomic E-state index is -0.149. The molecule has 10 rings (SSSR count). The number of para-hydroxylation sites is 2. The number of phenols is 1. The van der Waals surface area contributed by atoms with E-state index in [0.29, 0.717) is 11.4 Å². The SMILES string of the molecule is CC(C)(C)c1cc(-c2cc3c(cn2)oc2c4ccccc4ccc32)cc(-c2cccc3c2nc(-c2ccccc2O)n3-c2ccc(C(C)(C)C)cc2-c2ccccc2)c1. The molecule has 0 radical (unpaired) electrons. The number of nitrogens with zero attached hydrogens (tertiary/aromatic N) is 3. The van der Waals surface area contributed by atoms with Crippen LogP contribution < -0.4 is 0 Å². The van der Waals surface area contributed by atoms with Crippen LogP contribution in [0.4, 0.5) is 0 Å². The fourth-order valence-corrected chi connectivity index (χ4v) is 8.40. The summed E-state index contributed by atoms with van der Waals surface area (Å²) in [4.78, 5) is 10.5. The van der Waals surface area contributed by atoms with Gasteiger partial charge >= 0.3 is 0 Å². The van der Waals surface area contributed by atoms with Gasteiger partial charge in [0.25, 0.3) is 0 Å². The molecular weight excluding hydrogens is 723 g/mol. The molecule has 0 aliphatic carbocycles. The minimum Gasteiger partial charge on any atom is -0.507 e. The number of fused-ring (bicyclic) bond motifs is 6. The van der Waals surface area contributed by atoms with Crippen LogP contribution in [0.15, 0.2) is 162 Å². The molecule has 10 aromatic rings. The molecular formula is C54H45N3O2. The molecule has 0 saturated heterocycles. The molecule has 0 unspecified atom stereocenters. The second kappa shape index (κ2) is 13.6. The van der Waals surface area contributed by atoms with E-state index in [1.165, 1.54) is 11.1 Å². The molecule has 5 nitrogen and oxygen atoms in total. The Kier molecular flexibility index (Phi) is 8.36. The van der Waals surface area contributed by atoms with Crippen LogP contribution in [0.2, 0.25) is 0 Å². The van der Waals surface area contributed by atoms with Crippen LogP contribution in [0.25, 0.3) is 94.3 Å². The lowest BCUT2D eigenvalue weighted by molar-refractivity contribution is 0.477. The minimum absolute atomic E-state index is 0.0545. The van der Waals surface area contributed by atoms with E-state index < -0.39 is 0 Å². The summed E-state index contributed by atoms with van der Waals surface area (Å²) in [5.74, 6) is 0.848. The summed E-state index contributed by atoms with van der Waals surface area (Å²) in [7, 11) is 0. The molecule has 0 amide bonds. The lowest BCUT2D eigenvalue weighted by atomic mass is 9.83. The fraction of sp³-hybridized carbons (Fsp3) is 0.148. The molecule has 7 aromatic carbocycles. The van der Waals surface area contributed by atoms with Crippen LogP contribution in [0.3, 0.4) is 0 Å². The highest BCUT2D eigenvalue weighted by Gasteiger charge is 2.25. The normalized spacial score (nSPS) is 12.3. The van der Waals surface area contributed by atoms with Crippen molar-refractivity contribution in [3.05, 3.63) is 169 Å². The van der Waals surface area contributed by atoms with E-state index in [1.807, 2.05) is 24.4 Å². The standard InChI is InChI=1S/C54H45N3O2/c1-53(2,3)37-24-26-46(43(30-37)33-15-8-7-9-16-33)57-47-21-14-20-39(50(47)56-52(57)42-19-12-13-22-48(42)58)35-27-36(29-38(28-35)54(4,5)6)45-31-44-41-25-23-34-17-10-11-18-40(34)51(41)59-49(44)32-55-45/h7-32,58H,1-6H3. The zero-order valence-corrected chi connectivity index (χ0v) is 34.2. The van der Waals surface area contributed by atoms with Gasteiger partial charge in [-0.25, -0.2) is 4.98 Å². The molecule has 0 saturated carbocycles. The van der Waals surface area contributed by atoms with Gasteiger partial charge in [-0.05, 0) is 93.1 Å². The molecule has 0 atom stereocenters. The van der Waals surface area contributed by atoms with E-state index in [9.17, 15) is 5.11 Å². The van der Waals surface area contributed by atoms with Crippen molar-refractivity contribution in [3.8, 4) is 56.3 Å². The van der Waals surface area contributed by atoms with Crippen molar-refractivity contribution < 1.29 is 9.52 Å². The Morgan fingerprint density at radius 3 is 2.07 bits per heavy atom. The predicted molar refractivity (Wildman–Crippen MR) is 244 cm³/mol. The van der Waals surface area contributed by atoms with Crippen LogP contribution in [0, 0.1) is 0 Å². The molecule has 3 aromatic heterocycles. The van der Waals surface area contributed by atoms with Gasteiger partial charge in [-0.3, -0.25) is 9.55 Å². The van der Waals surface area contributed by atoms with Gasteiger partial charge in [0.05, 0.1) is 34.2 Å². The summed E-state index contributed by atoms with van der Waals surface area (Å²) in [5, 5.41) is 15.7. The smallest absolute Gasteiger partial charge is 0.153 e. The lowest BCUT2D eigenvalue weighted by Gasteiger charge is -2.23. The van der Waals surface area contributed by atoms with Crippen molar-refractivity contribution in [1.29, 1.82) is 0 Å². The Hall–Kier alpha value is -6.98. The highest BCUT2D eigenvalue weighted by atomic mass is 16.3. The van der Waals surface area contributed by atoms with Gasteiger partial charge < -0.3 is 9.52 Å². The lowest BCUT2D eigenvalue weighted by Crippen LogP contribution is -2.12. The molecule has 1 N–H and O–H groups in total. The van der Waals surface area contributed by atoms with Crippen molar-refractivity contribution in [1.82, 2.24) is 14.5 Å². The molecule has 0 aliphatic rings. The molecule has 0 fully saturated rings. The number of phenolic OH excluding ortho intramolecular Hbond substituents is 1. The van der Waals surface area contributed by atoms with E-state index in [-0.39, 0.29) is 16.6 Å². The van der Waals surface area contributed by atoms with Crippen molar-refractivity contribution in [2.45, 2.75) is 52.4 Å². The number of benzene rings is 7. The molecule has 5 heteroatoms. The molecule has 59 heavy (non-hydrogen) atoms. The first-order chi connectivity index (χ1) is 28.4. The zero-order chi connectivity index (χ0) is 40.6. The first-order valence-electron chi connectivity index (χ1n) is 20.3. The first-order valence-corrected chi connectivity index (χ1v) is 20.3. The summed E-state index contributed by atoms with van der Waals surface area (Å²) in [5.41, 5.74) is 13.5. The quantitative estimate of drug-likeness (QED) is 0.189. The summed E-state index contributed by atoms with van der Waals surface area (Å²) in [6.45, 7) is 13.5. The van der Waals surface area contributed by atoms with Crippen LogP contribution in [-0.4, -0.2) is 19.6 Å². The largest absolute Gasteiger partial charge is 0.507 e. The van der Waals surface area contributed by atoms with E-state index >= 15 is 0 Å². The third-order valence-electron chi connectivity index (χ3n) is 11.7. The highest BCUT2D eigenvalue weighted by molar-refractivity contribution is 6.15. The summed E-state index contributed by atoms with van der Waals surface area (Å²) in [6.07, 6.45) is 1.86. The number of furan rings is 1. The average molecular weight is 768 g/mol. The number of pyridine rings is 1. The third-order valence-corrected chi connectivity index (χ3v) is 11.7. The highest BCUT2D eigenvalue weighted by Crippen LogP contribution is 2.43. The number of aromatic nitrogens is 3. The first kappa shape index (κ1) is 36.4. The van der Waals surface area contributed by atoms with Gasteiger partial charge in [0, 0.05) is 32.8 Å². The van der Waals surface area contributed by atoms with Crippen LogP contribution >= 0.6 is 0 Å². The molecule has 3 heterocycles.